The Morgan fingerprint density at radius 1 is 1.60 bits per heavy atom. The molecule has 0 aromatic carbocycles. The topological polar surface area (TPSA) is 39.1 Å². The summed E-state index contributed by atoms with van der Waals surface area (Å²) in [6.45, 7) is 6.58. The molecule has 0 unspecified atom stereocenters. The van der Waals surface area contributed by atoms with Crippen molar-refractivity contribution < 1.29 is 4.74 Å². The average Bonchev–Trinajstić information content (AvgIpc) is 2.36. The van der Waals surface area contributed by atoms with Crippen molar-refractivity contribution in [1.82, 2.24) is 15.1 Å². The van der Waals surface area contributed by atoms with Gasteiger partial charge in [0.1, 0.15) is 0 Å². The predicted octanol–water partition coefficient (Wildman–Crippen LogP) is 1.37. The van der Waals surface area contributed by atoms with Crippen LogP contribution >= 0.6 is 15.9 Å². The fourth-order valence-corrected chi connectivity index (χ4v) is 2.11. The van der Waals surface area contributed by atoms with Crippen LogP contribution in [0.5, 0.6) is 0 Å². The summed E-state index contributed by atoms with van der Waals surface area (Å²) in [5, 5.41) is 7.54. The zero-order chi connectivity index (χ0) is 11.1. The first kappa shape index (κ1) is 11.1. The van der Waals surface area contributed by atoms with Gasteiger partial charge in [-0.2, -0.15) is 5.10 Å². The van der Waals surface area contributed by atoms with Crippen LogP contribution in [0, 0.1) is 6.92 Å². The van der Waals surface area contributed by atoms with Crippen LogP contribution in [0.25, 0.3) is 0 Å². The van der Waals surface area contributed by atoms with Crippen molar-refractivity contribution in [3.63, 3.8) is 0 Å². The molecule has 0 aliphatic carbocycles. The molecule has 2 heterocycles. The maximum atomic E-state index is 5.87. The molecule has 1 aromatic heterocycles. The first-order chi connectivity index (χ1) is 7.02. The number of aromatic nitrogens is 2. The van der Waals surface area contributed by atoms with Crippen LogP contribution in [0.3, 0.4) is 0 Å². The summed E-state index contributed by atoms with van der Waals surface area (Å²) in [5.41, 5.74) is 2.10. The summed E-state index contributed by atoms with van der Waals surface area (Å²) in [5.74, 6) is 0. The highest BCUT2D eigenvalue weighted by Crippen LogP contribution is 2.24. The van der Waals surface area contributed by atoms with E-state index >= 15 is 0 Å². The zero-order valence-electron chi connectivity index (χ0n) is 9.30. The van der Waals surface area contributed by atoms with Crippen LogP contribution in [-0.4, -0.2) is 28.5 Å². The van der Waals surface area contributed by atoms with E-state index in [1.54, 1.807) is 0 Å². The number of rotatable bonds is 3. The second-order valence-electron chi connectivity index (χ2n) is 4.31. The highest BCUT2D eigenvalue weighted by Gasteiger charge is 2.32. The van der Waals surface area contributed by atoms with E-state index in [4.69, 9.17) is 4.74 Å². The predicted molar refractivity (Wildman–Crippen MR) is 61.7 cm³/mol. The van der Waals surface area contributed by atoms with Crippen LogP contribution in [0.15, 0.2) is 4.47 Å². The molecule has 0 bridgehead atoms. The molecule has 1 aliphatic rings. The van der Waals surface area contributed by atoms with Gasteiger partial charge >= 0.3 is 0 Å². The summed E-state index contributed by atoms with van der Waals surface area (Å²) < 4.78 is 8.80. The number of ether oxygens (including phenoxy) is 1. The molecule has 4 nitrogen and oxygen atoms in total. The van der Waals surface area contributed by atoms with Crippen molar-refractivity contribution in [3.8, 4) is 0 Å². The Balaban J connectivity index is 2.04. The van der Waals surface area contributed by atoms with Crippen LogP contribution in [0.1, 0.15) is 18.3 Å². The lowest BCUT2D eigenvalue weighted by molar-refractivity contribution is -0.0788. The fraction of sp³-hybridized carbons (Fsp3) is 0.700. The van der Waals surface area contributed by atoms with E-state index in [9.17, 15) is 0 Å². The largest absolute Gasteiger partial charge is 0.366 e. The number of hydrogen-bond donors (Lipinski definition) is 1. The van der Waals surface area contributed by atoms with Crippen molar-refractivity contribution in [2.24, 2.45) is 7.05 Å². The molecule has 1 saturated heterocycles. The Morgan fingerprint density at radius 2 is 2.27 bits per heavy atom. The third-order valence-electron chi connectivity index (χ3n) is 2.82. The Bertz CT molecular complexity index is 371. The summed E-state index contributed by atoms with van der Waals surface area (Å²) >= 11 is 3.53. The van der Waals surface area contributed by atoms with Gasteiger partial charge in [-0.15, -0.1) is 0 Å². The zero-order valence-corrected chi connectivity index (χ0v) is 10.9. The van der Waals surface area contributed by atoms with Gasteiger partial charge in [0.2, 0.25) is 0 Å². The second-order valence-corrected chi connectivity index (χ2v) is 5.10. The minimum absolute atomic E-state index is 0.00237. The Labute approximate surface area is 98.1 Å². The van der Waals surface area contributed by atoms with Crippen molar-refractivity contribution in [1.29, 1.82) is 0 Å². The molecule has 0 spiro atoms. The van der Waals surface area contributed by atoms with Gasteiger partial charge < -0.3 is 10.1 Å². The maximum Gasteiger partial charge on any atom is 0.0907 e. The second kappa shape index (κ2) is 3.88. The lowest BCUT2D eigenvalue weighted by Gasteiger charge is -2.39. The number of halogens is 1. The molecule has 1 aliphatic heterocycles. The summed E-state index contributed by atoms with van der Waals surface area (Å²) in [4.78, 5) is 0. The van der Waals surface area contributed by atoms with Crippen molar-refractivity contribution >= 4 is 15.9 Å². The van der Waals surface area contributed by atoms with E-state index in [2.05, 4.69) is 33.3 Å². The molecule has 84 valence electrons. The van der Waals surface area contributed by atoms with Gasteiger partial charge in [0.05, 0.1) is 28.1 Å². The van der Waals surface area contributed by atoms with Crippen LogP contribution in [0.2, 0.25) is 0 Å². The average molecular weight is 274 g/mol. The van der Waals surface area contributed by atoms with Gasteiger partial charge in [0.25, 0.3) is 0 Å². The minimum Gasteiger partial charge on any atom is -0.366 e. The molecular formula is C10H16BrN3O. The Morgan fingerprint density at radius 3 is 2.67 bits per heavy atom. The summed E-state index contributed by atoms with van der Waals surface area (Å²) in [6, 6.07) is 0. The summed E-state index contributed by atoms with van der Waals surface area (Å²) in [7, 11) is 1.94. The van der Waals surface area contributed by atoms with Crippen LogP contribution in [0.4, 0.5) is 0 Å². The van der Waals surface area contributed by atoms with E-state index in [0.29, 0.717) is 6.61 Å². The lowest BCUT2D eigenvalue weighted by Crippen LogP contribution is -2.58. The van der Waals surface area contributed by atoms with Gasteiger partial charge in [0, 0.05) is 20.1 Å². The molecule has 0 atom stereocenters. The molecular weight excluding hydrogens is 258 g/mol. The van der Waals surface area contributed by atoms with Crippen molar-refractivity contribution in [3.05, 3.63) is 15.9 Å². The van der Waals surface area contributed by atoms with Gasteiger partial charge in [-0.3, -0.25) is 4.68 Å². The number of hydrogen-bond acceptors (Lipinski definition) is 3. The fourth-order valence-electron chi connectivity index (χ4n) is 1.66. The Kier molecular flexibility index (Phi) is 2.87. The standard InChI is InChI=1S/C10H16BrN3O/c1-7-9(11)8(14(3)13-7)4-15-10(2)5-12-6-10/h12H,4-6H2,1-3H3. The molecule has 0 radical (unpaired) electrons. The molecule has 1 fully saturated rings. The van der Waals surface area contributed by atoms with Gasteiger partial charge in [-0.1, -0.05) is 0 Å². The third-order valence-corrected chi connectivity index (χ3v) is 3.85. The normalized spacial score (nSPS) is 18.9. The third kappa shape index (κ3) is 2.09. The maximum absolute atomic E-state index is 5.87. The molecule has 0 amide bonds. The Hall–Kier alpha value is -0.390. The van der Waals surface area contributed by atoms with E-state index < -0.39 is 0 Å². The van der Waals surface area contributed by atoms with Crippen LogP contribution in [-0.2, 0) is 18.4 Å². The molecule has 5 heteroatoms. The smallest absolute Gasteiger partial charge is 0.0907 e. The highest BCUT2D eigenvalue weighted by molar-refractivity contribution is 9.10. The highest BCUT2D eigenvalue weighted by atomic mass is 79.9. The number of nitrogens with zero attached hydrogens (tertiary/aromatic N) is 2. The van der Waals surface area contributed by atoms with Crippen LogP contribution < -0.4 is 5.32 Å². The van der Waals surface area contributed by atoms with E-state index in [1.165, 1.54) is 0 Å². The molecule has 15 heavy (non-hydrogen) atoms. The van der Waals surface area contributed by atoms with Crippen molar-refractivity contribution in [2.75, 3.05) is 13.1 Å². The van der Waals surface area contributed by atoms with E-state index in [0.717, 1.165) is 29.0 Å². The monoisotopic (exact) mass is 273 g/mol. The first-order valence-electron chi connectivity index (χ1n) is 5.04. The van der Waals surface area contributed by atoms with E-state index in [-0.39, 0.29) is 5.60 Å². The number of nitrogens with one attached hydrogen (secondary N) is 1. The lowest BCUT2D eigenvalue weighted by atomic mass is 10.0. The molecule has 0 saturated carbocycles. The summed E-state index contributed by atoms with van der Waals surface area (Å²) in [6.07, 6.45) is 0. The van der Waals surface area contributed by atoms with Gasteiger partial charge in [0.15, 0.2) is 0 Å². The molecule has 1 aromatic rings. The SMILES string of the molecule is Cc1nn(C)c(COC2(C)CNC2)c1Br. The molecule has 1 N–H and O–H groups in total. The molecule has 2 rings (SSSR count). The number of aryl methyl sites for hydroxylation is 2. The van der Waals surface area contributed by atoms with Crippen molar-refractivity contribution in [2.45, 2.75) is 26.1 Å². The first-order valence-corrected chi connectivity index (χ1v) is 5.84. The van der Waals surface area contributed by atoms with E-state index in [1.807, 2.05) is 18.7 Å². The van der Waals surface area contributed by atoms with Gasteiger partial charge in [-0.05, 0) is 29.8 Å². The van der Waals surface area contributed by atoms with Gasteiger partial charge in [-0.25, -0.2) is 0 Å². The quantitative estimate of drug-likeness (QED) is 0.904. The minimum atomic E-state index is -0.00237.